The quantitative estimate of drug-likeness (QED) is 0.827. The van der Waals surface area contributed by atoms with Crippen molar-refractivity contribution in [3.05, 3.63) is 22.6 Å². The number of carbonyl (C=O) groups is 2. The van der Waals surface area contributed by atoms with Gasteiger partial charge in [0.15, 0.2) is 0 Å². The number of rotatable bonds is 4. The first-order valence-electron chi connectivity index (χ1n) is 6.75. The van der Waals surface area contributed by atoms with E-state index >= 15 is 0 Å². The largest absolute Gasteiger partial charge is 0.478 e. The first-order chi connectivity index (χ1) is 9.15. The van der Waals surface area contributed by atoms with Crippen molar-refractivity contribution in [2.45, 2.75) is 43.4 Å². The summed E-state index contributed by atoms with van der Waals surface area (Å²) in [7, 11) is 0. The van der Waals surface area contributed by atoms with E-state index in [2.05, 4.69) is 5.32 Å². The van der Waals surface area contributed by atoms with Crippen LogP contribution in [0.15, 0.2) is 22.6 Å². The molecule has 1 aliphatic carbocycles. The maximum absolute atomic E-state index is 11.7. The van der Waals surface area contributed by atoms with Crippen LogP contribution in [-0.2, 0) is 9.59 Å². The molecular formula is C14H17NO3S. The van der Waals surface area contributed by atoms with Crippen LogP contribution in [-0.4, -0.2) is 28.3 Å². The molecule has 2 unspecified atom stereocenters. The third-order valence-electron chi connectivity index (χ3n) is 4.27. The average Bonchev–Trinajstić information content (AvgIpc) is 2.70. The standard InChI is InChI=1S/C14H17NO3S/c16-11-6-9(5-4-8-2-1-3-8)13-12(15-11)10(7-19-13)14(17)18/h6-8,12-13H,1-5H2,(H,15,16)(H,17,18). The molecule has 4 nitrogen and oxygen atoms in total. The van der Waals surface area contributed by atoms with Gasteiger partial charge >= 0.3 is 5.97 Å². The number of hydrogen-bond acceptors (Lipinski definition) is 3. The van der Waals surface area contributed by atoms with E-state index in [0.717, 1.165) is 24.3 Å². The van der Waals surface area contributed by atoms with E-state index in [1.54, 1.807) is 11.5 Å². The van der Waals surface area contributed by atoms with Crippen molar-refractivity contribution in [3.8, 4) is 0 Å². The molecule has 0 aromatic rings. The van der Waals surface area contributed by atoms with Gasteiger partial charge in [0.1, 0.15) is 0 Å². The van der Waals surface area contributed by atoms with Crippen LogP contribution in [0.1, 0.15) is 32.1 Å². The zero-order valence-electron chi connectivity index (χ0n) is 10.6. The van der Waals surface area contributed by atoms with Crippen LogP contribution in [0.3, 0.4) is 0 Å². The van der Waals surface area contributed by atoms with Gasteiger partial charge in [-0.3, -0.25) is 4.79 Å². The van der Waals surface area contributed by atoms with Crippen LogP contribution in [0.2, 0.25) is 0 Å². The molecule has 2 heterocycles. The van der Waals surface area contributed by atoms with Crippen molar-refractivity contribution in [2.75, 3.05) is 0 Å². The van der Waals surface area contributed by atoms with E-state index in [1.807, 2.05) is 0 Å². The van der Waals surface area contributed by atoms with Gasteiger partial charge in [-0.1, -0.05) is 19.3 Å². The Kier molecular flexibility index (Phi) is 3.39. The molecule has 0 aromatic heterocycles. The van der Waals surface area contributed by atoms with E-state index in [9.17, 15) is 9.59 Å². The van der Waals surface area contributed by atoms with Crippen molar-refractivity contribution in [2.24, 2.45) is 5.92 Å². The van der Waals surface area contributed by atoms with Gasteiger partial charge < -0.3 is 10.4 Å². The van der Waals surface area contributed by atoms with Gasteiger partial charge in [0.25, 0.3) is 0 Å². The number of hydrogen-bond donors (Lipinski definition) is 2. The van der Waals surface area contributed by atoms with Crippen molar-refractivity contribution in [1.29, 1.82) is 0 Å². The number of nitrogens with one attached hydrogen (secondary N) is 1. The molecule has 3 aliphatic rings. The molecule has 2 aliphatic heterocycles. The van der Waals surface area contributed by atoms with Crippen LogP contribution in [0.5, 0.6) is 0 Å². The highest BCUT2D eigenvalue weighted by atomic mass is 32.2. The van der Waals surface area contributed by atoms with E-state index in [1.165, 1.54) is 31.0 Å². The highest BCUT2D eigenvalue weighted by Gasteiger charge is 2.40. The second kappa shape index (κ2) is 5.04. The van der Waals surface area contributed by atoms with Gasteiger partial charge in [0, 0.05) is 6.08 Å². The number of aliphatic carboxylic acids is 1. The Morgan fingerprint density at radius 1 is 1.47 bits per heavy atom. The molecule has 19 heavy (non-hydrogen) atoms. The molecule has 2 atom stereocenters. The first-order valence-corrected chi connectivity index (χ1v) is 7.69. The van der Waals surface area contributed by atoms with Gasteiger partial charge in [-0.2, -0.15) is 0 Å². The molecule has 0 spiro atoms. The lowest BCUT2D eigenvalue weighted by molar-refractivity contribution is -0.133. The van der Waals surface area contributed by atoms with Crippen LogP contribution in [0.4, 0.5) is 0 Å². The lowest BCUT2D eigenvalue weighted by Gasteiger charge is -2.31. The monoisotopic (exact) mass is 279 g/mol. The van der Waals surface area contributed by atoms with Gasteiger partial charge in [0.05, 0.1) is 16.9 Å². The lowest BCUT2D eigenvalue weighted by atomic mass is 9.80. The van der Waals surface area contributed by atoms with E-state index in [-0.39, 0.29) is 17.2 Å². The number of amides is 1. The maximum atomic E-state index is 11.7. The fourth-order valence-corrected chi connectivity index (χ4v) is 4.19. The first kappa shape index (κ1) is 12.8. The molecule has 1 amide bonds. The fraction of sp³-hybridized carbons (Fsp3) is 0.571. The van der Waals surface area contributed by atoms with Crippen molar-refractivity contribution < 1.29 is 14.7 Å². The molecule has 2 N–H and O–H groups in total. The van der Waals surface area contributed by atoms with Gasteiger partial charge in [-0.05, 0) is 29.7 Å². The lowest BCUT2D eigenvalue weighted by Crippen LogP contribution is -2.46. The fourth-order valence-electron chi connectivity index (χ4n) is 2.91. The highest BCUT2D eigenvalue weighted by molar-refractivity contribution is 8.03. The number of carboxylic acid groups (broad SMARTS) is 1. The molecule has 0 radical (unpaired) electrons. The number of thioether (sulfide) groups is 1. The Labute approximate surface area is 116 Å². The summed E-state index contributed by atoms with van der Waals surface area (Å²) >= 11 is 1.52. The molecule has 102 valence electrons. The van der Waals surface area contributed by atoms with E-state index in [4.69, 9.17) is 5.11 Å². The second-order valence-electron chi connectivity index (χ2n) is 5.48. The second-order valence-corrected chi connectivity index (χ2v) is 6.49. The molecule has 0 bridgehead atoms. The van der Waals surface area contributed by atoms with Crippen molar-refractivity contribution >= 4 is 23.6 Å². The summed E-state index contributed by atoms with van der Waals surface area (Å²) in [6.07, 6.45) is 7.66. The zero-order chi connectivity index (χ0) is 13.4. The molecule has 1 saturated carbocycles. The summed E-state index contributed by atoms with van der Waals surface area (Å²) in [5.41, 5.74) is 1.43. The smallest absolute Gasteiger partial charge is 0.334 e. The van der Waals surface area contributed by atoms with Crippen LogP contribution >= 0.6 is 11.8 Å². The van der Waals surface area contributed by atoms with Crippen LogP contribution < -0.4 is 5.32 Å². The number of carbonyl (C=O) groups excluding carboxylic acids is 1. The molecule has 0 saturated heterocycles. The van der Waals surface area contributed by atoms with Crippen LogP contribution in [0.25, 0.3) is 0 Å². The van der Waals surface area contributed by atoms with Crippen molar-refractivity contribution in [3.63, 3.8) is 0 Å². The molecule has 3 rings (SSSR count). The predicted molar refractivity (Wildman–Crippen MR) is 73.7 cm³/mol. The molecule has 1 fully saturated rings. The predicted octanol–water partition coefficient (Wildman–Crippen LogP) is 2.08. The van der Waals surface area contributed by atoms with Gasteiger partial charge in [-0.15, -0.1) is 11.8 Å². The summed E-state index contributed by atoms with van der Waals surface area (Å²) in [6, 6.07) is -0.351. The average molecular weight is 279 g/mol. The maximum Gasteiger partial charge on any atom is 0.334 e. The third-order valence-corrected chi connectivity index (χ3v) is 5.53. The zero-order valence-corrected chi connectivity index (χ0v) is 11.4. The summed E-state index contributed by atoms with van der Waals surface area (Å²) in [6.45, 7) is 0. The number of fused-ring (bicyclic) bond motifs is 1. The Balaban J connectivity index is 1.70. The molecule has 5 heteroatoms. The Morgan fingerprint density at radius 3 is 2.89 bits per heavy atom. The van der Waals surface area contributed by atoms with E-state index < -0.39 is 5.97 Å². The Hall–Kier alpha value is -1.23. The molecular weight excluding hydrogens is 262 g/mol. The van der Waals surface area contributed by atoms with Gasteiger partial charge in [0.2, 0.25) is 5.91 Å². The summed E-state index contributed by atoms with van der Waals surface area (Å²) in [5, 5.41) is 13.7. The topological polar surface area (TPSA) is 66.4 Å². The van der Waals surface area contributed by atoms with Gasteiger partial charge in [-0.25, -0.2) is 4.79 Å². The van der Waals surface area contributed by atoms with Crippen LogP contribution in [0, 0.1) is 5.92 Å². The summed E-state index contributed by atoms with van der Waals surface area (Å²) in [4.78, 5) is 22.8. The minimum absolute atomic E-state index is 0.0869. The van der Waals surface area contributed by atoms with E-state index in [0.29, 0.717) is 5.57 Å². The summed E-state index contributed by atoms with van der Waals surface area (Å²) in [5.74, 6) is -0.275. The molecule has 0 aromatic carbocycles. The number of carboxylic acids is 1. The van der Waals surface area contributed by atoms with Crippen molar-refractivity contribution in [1.82, 2.24) is 5.32 Å². The Bertz CT molecular complexity index is 479. The minimum atomic E-state index is -0.930. The highest BCUT2D eigenvalue weighted by Crippen LogP contribution is 2.40. The normalized spacial score (nSPS) is 30.0. The minimum Gasteiger partial charge on any atom is -0.478 e. The third kappa shape index (κ3) is 2.43. The SMILES string of the molecule is O=C1C=C(CCC2CCC2)C2SC=C(C(=O)O)C2N1. The Morgan fingerprint density at radius 2 is 2.26 bits per heavy atom. The summed E-state index contributed by atoms with van der Waals surface area (Å²) < 4.78 is 0.